The minimum Gasteiger partial charge on any atom is -0.853 e. The third-order valence-electron chi connectivity index (χ3n) is 0.432. The molecule has 0 aliphatic rings. The Morgan fingerprint density at radius 3 is 1.89 bits per heavy atom. The summed E-state index contributed by atoms with van der Waals surface area (Å²) >= 11 is 0. The summed E-state index contributed by atoms with van der Waals surface area (Å²) in [6, 6.07) is 0. The van der Waals surface area contributed by atoms with Crippen molar-refractivity contribution in [3.8, 4) is 0 Å². The Kier molecular flexibility index (Phi) is 56.2. The summed E-state index contributed by atoms with van der Waals surface area (Å²) in [7, 11) is 0. The zero-order chi connectivity index (χ0) is 4.83. The van der Waals surface area contributed by atoms with E-state index in [0.717, 1.165) is 0 Å². The van der Waals surface area contributed by atoms with Crippen molar-refractivity contribution >= 4 is 0 Å². The van der Waals surface area contributed by atoms with Gasteiger partial charge in [-0.1, -0.05) is 0 Å². The van der Waals surface area contributed by atoms with Gasteiger partial charge >= 0.3 is 59.1 Å². The van der Waals surface area contributed by atoms with Gasteiger partial charge in [0.1, 0.15) is 0 Å². The predicted octanol–water partition coefficient (Wildman–Crippen LogP) is -5.89. The molecule has 3 nitrogen and oxygen atoms in total. The van der Waals surface area contributed by atoms with Gasteiger partial charge in [0.25, 0.3) is 0 Å². The Hall–Kier alpha value is 1.88. The van der Waals surface area contributed by atoms with E-state index in [-0.39, 0.29) is 71.9 Å². The summed E-state index contributed by atoms with van der Waals surface area (Å²) < 4.78 is 4.67. The summed E-state index contributed by atoms with van der Waals surface area (Å²) in [6.45, 7) is 2.77. The molecule has 0 aromatic carbocycles. The number of hydrogen-bond donors (Lipinski definition) is 0. The van der Waals surface area contributed by atoms with Gasteiger partial charge in [0.15, 0.2) is 0 Å². The van der Waals surface area contributed by atoms with Crippen molar-refractivity contribution < 1.29 is 69.0 Å². The minimum atomic E-state index is -0.117. The first kappa shape index (κ1) is 22.4. The Balaban J connectivity index is -0.0000000417. The average Bonchev–Trinajstić information content (AvgIpc) is 1.61. The van der Waals surface area contributed by atoms with Crippen LogP contribution in [0.4, 0.5) is 0 Å². The van der Waals surface area contributed by atoms with E-state index in [1.54, 1.807) is 0 Å². The standard InChI is InChI=1S/C4H9O2.H2N.2Na/c1-2-6-4-3-5;;;/h2-4H2,1H3;1H2;;/q2*-1;2*+1. The molecule has 0 aromatic rings. The Labute approximate surface area is 101 Å². The SMILES string of the molecule is CCOCC[O-].[NH2-].[Na+].[Na+]. The van der Waals surface area contributed by atoms with Gasteiger partial charge in [-0.3, -0.25) is 0 Å². The van der Waals surface area contributed by atoms with Crippen molar-refractivity contribution in [2.24, 2.45) is 0 Å². The second-order valence-electron chi connectivity index (χ2n) is 0.901. The van der Waals surface area contributed by atoms with Gasteiger partial charge in [-0.25, -0.2) is 0 Å². The first-order valence-electron chi connectivity index (χ1n) is 2.07. The second-order valence-corrected chi connectivity index (χ2v) is 0.901. The third-order valence-corrected chi connectivity index (χ3v) is 0.432. The molecule has 9 heavy (non-hydrogen) atoms. The summed E-state index contributed by atoms with van der Waals surface area (Å²) in [5.41, 5.74) is 0. The van der Waals surface area contributed by atoms with E-state index in [1.165, 1.54) is 0 Å². The molecule has 0 saturated carbocycles. The fourth-order valence-corrected chi connectivity index (χ4v) is 0.203. The zero-order valence-corrected chi connectivity index (χ0v) is 10.5. The molecule has 0 aliphatic heterocycles. The van der Waals surface area contributed by atoms with Crippen molar-refractivity contribution in [3.63, 3.8) is 0 Å². The van der Waals surface area contributed by atoms with Crippen molar-refractivity contribution in [1.29, 1.82) is 0 Å². The van der Waals surface area contributed by atoms with Crippen LogP contribution in [0.5, 0.6) is 0 Å². The molecule has 0 amide bonds. The van der Waals surface area contributed by atoms with Crippen LogP contribution in [0.3, 0.4) is 0 Å². The van der Waals surface area contributed by atoms with E-state index < -0.39 is 0 Å². The first-order valence-corrected chi connectivity index (χ1v) is 2.07. The molecule has 0 heterocycles. The molecule has 46 valence electrons. The fraction of sp³-hybridized carbons (Fsp3) is 1.00. The first-order chi connectivity index (χ1) is 2.91. The minimum absolute atomic E-state index is 0. The summed E-state index contributed by atoms with van der Waals surface area (Å²) in [6.07, 6.45) is 0. The van der Waals surface area contributed by atoms with Crippen LogP contribution in [0.1, 0.15) is 6.92 Å². The van der Waals surface area contributed by atoms with Crippen LogP contribution in [0, 0.1) is 0 Å². The molecule has 0 atom stereocenters. The van der Waals surface area contributed by atoms with Crippen molar-refractivity contribution in [2.45, 2.75) is 6.92 Å². The molecule has 0 bridgehead atoms. The van der Waals surface area contributed by atoms with Gasteiger partial charge in [0, 0.05) is 13.2 Å². The van der Waals surface area contributed by atoms with Crippen molar-refractivity contribution in [2.75, 3.05) is 19.8 Å². The van der Waals surface area contributed by atoms with Crippen LogP contribution in [-0.2, 0) is 4.74 Å². The molecule has 0 fully saturated rings. The number of rotatable bonds is 3. The molecule has 0 unspecified atom stereocenters. The van der Waals surface area contributed by atoms with Crippen molar-refractivity contribution in [3.05, 3.63) is 6.15 Å². The van der Waals surface area contributed by atoms with Gasteiger partial charge in [-0.05, 0) is 6.92 Å². The topological polar surface area (TPSA) is 65.8 Å². The van der Waals surface area contributed by atoms with E-state index >= 15 is 0 Å². The Morgan fingerprint density at radius 2 is 1.78 bits per heavy atom. The van der Waals surface area contributed by atoms with E-state index in [4.69, 9.17) is 0 Å². The summed E-state index contributed by atoms with van der Waals surface area (Å²) in [5.74, 6) is 0. The van der Waals surface area contributed by atoms with Crippen LogP contribution in [0.2, 0.25) is 0 Å². The van der Waals surface area contributed by atoms with E-state index in [1.807, 2.05) is 6.92 Å². The normalized spacial score (nSPS) is 6.00. The monoisotopic (exact) mass is 151 g/mol. The van der Waals surface area contributed by atoms with Crippen LogP contribution in [0.15, 0.2) is 0 Å². The predicted molar refractivity (Wildman–Crippen MR) is 26.6 cm³/mol. The molecule has 0 aromatic heterocycles. The average molecular weight is 151 g/mol. The van der Waals surface area contributed by atoms with E-state index in [9.17, 15) is 5.11 Å². The molecule has 0 spiro atoms. The molecule has 0 saturated heterocycles. The fourth-order valence-electron chi connectivity index (χ4n) is 0.203. The maximum absolute atomic E-state index is 9.56. The quantitative estimate of drug-likeness (QED) is 0.298. The molecule has 0 aliphatic carbocycles. The molecular weight excluding hydrogens is 140 g/mol. The van der Waals surface area contributed by atoms with Crippen LogP contribution in [0.25, 0.3) is 6.15 Å². The van der Waals surface area contributed by atoms with Crippen LogP contribution >= 0.6 is 0 Å². The number of nitrogens with two attached hydrogens (primary N) is 1. The van der Waals surface area contributed by atoms with E-state index in [0.29, 0.717) is 13.2 Å². The second kappa shape index (κ2) is 22.5. The number of hydrogen-bond acceptors (Lipinski definition) is 2. The number of ether oxygens (including phenoxy) is 1. The summed E-state index contributed by atoms with van der Waals surface area (Å²) in [4.78, 5) is 0. The van der Waals surface area contributed by atoms with E-state index in [2.05, 4.69) is 4.74 Å². The smallest absolute Gasteiger partial charge is 0.853 e. The van der Waals surface area contributed by atoms with Crippen molar-refractivity contribution in [1.82, 2.24) is 0 Å². The van der Waals surface area contributed by atoms with Gasteiger partial charge < -0.3 is 16.0 Å². The zero-order valence-electron chi connectivity index (χ0n) is 6.52. The van der Waals surface area contributed by atoms with Crippen LogP contribution in [-0.4, -0.2) is 19.8 Å². The van der Waals surface area contributed by atoms with Gasteiger partial charge in [0.05, 0.1) is 0 Å². The van der Waals surface area contributed by atoms with Gasteiger partial charge in [-0.2, -0.15) is 0 Å². The third kappa shape index (κ3) is 25.8. The molecular formula is C4H11NNa2O2. The molecule has 2 N–H and O–H groups in total. The van der Waals surface area contributed by atoms with Crippen LogP contribution < -0.4 is 64.2 Å². The molecule has 5 heteroatoms. The van der Waals surface area contributed by atoms with Gasteiger partial charge in [0.2, 0.25) is 0 Å². The largest absolute Gasteiger partial charge is 1.00 e. The summed E-state index contributed by atoms with van der Waals surface area (Å²) in [5, 5.41) is 9.56. The van der Waals surface area contributed by atoms with Gasteiger partial charge in [-0.15, -0.1) is 6.61 Å². The Bertz CT molecular complexity index is 28.5. The molecule has 0 rings (SSSR count). The maximum Gasteiger partial charge on any atom is 1.00 e. The Morgan fingerprint density at radius 1 is 1.33 bits per heavy atom. The maximum atomic E-state index is 9.56. The molecule has 0 radical (unpaired) electrons.